The van der Waals surface area contributed by atoms with E-state index in [1.807, 2.05) is 24.1 Å². The summed E-state index contributed by atoms with van der Waals surface area (Å²) in [5.41, 5.74) is 0.553. The van der Waals surface area contributed by atoms with Crippen LogP contribution in [-0.4, -0.2) is 57.6 Å². The molecule has 1 atom stereocenters. The molecule has 0 N–H and O–H groups in total. The molecule has 2 aromatic rings. The summed E-state index contributed by atoms with van der Waals surface area (Å²) in [5.74, 6) is 0.0241. The van der Waals surface area contributed by atoms with Gasteiger partial charge in [0.25, 0.3) is 5.91 Å². The Morgan fingerprint density at radius 2 is 2.04 bits per heavy atom. The van der Waals surface area contributed by atoms with Crippen molar-refractivity contribution in [2.75, 3.05) is 26.2 Å². The largest absolute Gasteiger partial charge is 0.472 e. The molecule has 0 unspecified atom stereocenters. The zero-order chi connectivity index (χ0) is 16.9. The summed E-state index contributed by atoms with van der Waals surface area (Å²) in [6.07, 6.45) is 7.92. The standard InChI is InChI=1S/C17H22N4O3/c1-2-15(21-9-3-6-18-21)17(23)20-8-4-7-19(10-11-20)16(22)14-5-12-24-13-14/h3,5-6,9,12-13,15H,2,4,7-8,10-11H2,1H3/t15-/m1/s1. The maximum atomic E-state index is 12.8. The lowest BCUT2D eigenvalue weighted by Crippen LogP contribution is -2.40. The normalized spacial score (nSPS) is 16.7. The number of rotatable bonds is 4. The molecular weight excluding hydrogens is 308 g/mol. The number of amides is 2. The van der Waals surface area contributed by atoms with E-state index in [4.69, 9.17) is 4.42 Å². The van der Waals surface area contributed by atoms with E-state index in [9.17, 15) is 9.59 Å². The predicted molar refractivity (Wildman–Crippen MR) is 87.4 cm³/mol. The number of aromatic nitrogens is 2. The minimum absolute atomic E-state index is 0.0443. The summed E-state index contributed by atoms with van der Waals surface area (Å²) < 4.78 is 6.69. The first kappa shape index (κ1) is 16.3. The average Bonchev–Trinajstić information content (AvgIpc) is 3.25. The predicted octanol–water partition coefficient (Wildman–Crippen LogP) is 1.80. The van der Waals surface area contributed by atoms with Crippen molar-refractivity contribution in [1.82, 2.24) is 19.6 Å². The molecule has 3 rings (SSSR count). The molecule has 1 fully saturated rings. The molecule has 128 valence electrons. The Kier molecular flexibility index (Phi) is 4.98. The Hall–Kier alpha value is -2.57. The summed E-state index contributed by atoms with van der Waals surface area (Å²) in [4.78, 5) is 28.9. The Morgan fingerprint density at radius 3 is 2.71 bits per heavy atom. The Labute approximate surface area is 140 Å². The molecule has 0 aromatic carbocycles. The van der Waals surface area contributed by atoms with E-state index < -0.39 is 0 Å². The van der Waals surface area contributed by atoms with Gasteiger partial charge in [-0.3, -0.25) is 14.3 Å². The van der Waals surface area contributed by atoms with Crippen LogP contribution in [-0.2, 0) is 4.79 Å². The van der Waals surface area contributed by atoms with Gasteiger partial charge in [0.05, 0.1) is 11.8 Å². The van der Waals surface area contributed by atoms with Crippen LogP contribution in [0.1, 0.15) is 36.2 Å². The Bertz CT molecular complexity index is 666. The topological polar surface area (TPSA) is 71.6 Å². The van der Waals surface area contributed by atoms with Crippen molar-refractivity contribution in [3.63, 3.8) is 0 Å². The third-order valence-electron chi connectivity index (χ3n) is 4.38. The van der Waals surface area contributed by atoms with E-state index in [0.29, 0.717) is 38.2 Å². The van der Waals surface area contributed by atoms with E-state index in [1.54, 1.807) is 21.8 Å². The molecule has 24 heavy (non-hydrogen) atoms. The lowest BCUT2D eigenvalue weighted by atomic mass is 10.2. The fourth-order valence-corrected chi connectivity index (χ4v) is 3.06. The lowest BCUT2D eigenvalue weighted by molar-refractivity contribution is -0.135. The van der Waals surface area contributed by atoms with Gasteiger partial charge in [0.1, 0.15) is 12.3 Å². The van der Waals surface area contributed by atoms with Crippen LogP contribution in [0.15, 0.2) is 41.5 Å². The van der Waals surface area contributed by atoms with E-state index in [1.165, 1.54) is 12.5 Å². The number of hydrogen-bond acceptors (Lipinski definition) is 4. The third kappa shape index (κ3) is 3.34. The molecule has 7 nitrogen and oxygen atoms in total. The second-order valence-corrected chi connectivity index (χ2v) is 5.89. The van der Waals surface area contributed by atoms with Crippen LogP contribution in [0.2, 0.25) is 0 Å². The van der Waals surface area contributed by atoms with Crippen LogP contribution in [0.4, 0.5) is 0 Å². The van der Waals surface area contributed by atoms with Crippen LogP contribution < -0.4 is 0 Å². The van der Waals surface area contributed by atoms with Gasteiger partial charge in [-0.2, -0.15) is 5.10 Å². The average molecular weight is 330 g/mol. The summed E-state index contributed by atoms with van der Waals surface area (Å²) in [7, 11) is 0. The zero-order valence-corrected chi connectivity index (χ0v) is 13.8. The minimum atomic E-state index is -0.281. The number of nitrogens with zero attached hydrogens (tertiary/aromatic N) is 4. The number of furan rings is 1. The Morgan fingerprint density at radius 1 is 1.25 bits per heavy atom. The molecular formula is C17H22N4O3. The van der Waals surface area contributed by atoms with Crippen molar-refractivity contribution in [2.45, 2.75) is 25.8 Å². The molecule has 0 aliphatic carbocycles. The molecule has 1 saturated heterocycles. The highest BCUT2D eigenvalue weighted by molar-refractivity contribution is 5.93. The van der Waals surface area contributed by atoms with Crippen molar-refractivity contribution in [1.29, 1.82) is 0 Å². The first-order valence-corrected chi connectivity index (χ1v) is 8.30. The highest BCUT2D eigenvalue weighted by atomic mass is 16.3. The maximum Gasteiger partial charge on any atom is 0.257 e. The van der Waals surface area contributed by atoms with E-state index in [0.717, 1.165) is 6.42 Å². The van der Waals surface area contributed by atoms with Crippen molar-refractivity contribution in [2.24, 2.45) is 0 Å². The molecule has 2 amide bonds. The van der Waals surface area contributed by atoms with E-state index >= 15 is 0 Å². The van der Waals surface area contributed by atoms with Gasteiger partial charge in [0.15, 0.2) is 0 Å². The Balaban J connectivity index is 1.64. The second kappa shape index (κ2) is 7.33. The van der Waals surface area contributed by atoms with Crippen molar-refractivity contribution in [3.05, 3.63) is 42.6 Å². The van der Waals surface area contributed by atoms with Crippen LogP contribution in [0.25, 0.3) is 0 Å². The summed E-state index contributed by atoms with van der Waals surface area (Å²) in [6.45, 7) is 4.36. The number of carbonyl (C=O) groups excluding carboxylic acids is 2. The summed E-state index contributed by atoms with van der Waals surface area (Å²) in [6, 6.07) is 3.21. The van der Waals surface area contributed by atoms with Crippen molar-refractivity contribution < 1.29 is 14.0 Å². The number of hydrogen-bond donors (Lipinski definition) is 0. The molecule has 7 heteroatoms. The molecule has 0 saturated carbocycles. The SMILES string of the molecule is CC[C@H](C(=O)N1CCCN(C(=O)c2ccoc2)CC1)n1cccn1. The molecule has 0 spiro atoms. The van der Waals surface area contributed by atoms with Crippen LogP contribution >= 0.6 is 0 Å². The highest BCUT2D eigenvalue weighted by Crippen LogP contribution is 2.16. The lowest BCUT2D eigenvalue weighted by Gasteiger charge is -2.26. The maximum absolute atomic E-state index is 12.8. The highest BCUT2D eigenvalue weighted by Gasteiger charge is 2.28. The van der Waals surface area contributed by atoms with Gasteiger partial charge in [-0.1, -0.05) is 6.92 Å². The van der Waals surface area contributed by atoms with E-state index in [-0.39, 0.29) is 17.9 Å². The molecule has 1 aliphatic rings. The van der Waals surface area contributed by atoms with Crippen LogP contribution in [0.3, 0.4) is 0 Å². The second-order valence-electron chi connectivity index (χ2n) is 5.89. The molecule has 3 heterocycles. The number of carbonyl (C=O) groups is 2. The van der Waals surface area contributed by atoms with Crippen LogP contribution in [0.5, 0.6) is 0 Å². The smallest absolute Gasteiger partial charge is 0.257 e. The molecule has 1 aliphatic heterocycles. The first-order chi connectivity index (χ1) is 11.7. The van der Waals surface area contributed by atoms with Gasteiger partial charge in [-0.25, -0.2) is 0 Å². The van der Waals surface area contributed by atoms with Gasteiger partial charge in [0, 0.05) is 38.6 Å². The van der Waals surface area contributed by atoms with Crippen molar-refractivity contribution >= 4 is 11.8 Å². The van der Waals surface area contributed by atoms with Gasteiger partial charge in [-0.05, 0) is 25.0 Å². The molecule has 0 bridgehead atoms. The fraction of sp³-hybridized carbons (Fsp3) is 0.471. The van der Waals surface area contributed by atoms with Crippen molar-refractivity contribution in [3.8, 4) is 0 Å². The first-order valence-electron chi connectivity index (χ1n) is 8.30. The zero-order valence-electron chi connectivity index (χ0n) is 13.8. The fourth-order valence-electron chi connectivity index (χ4n) is 3.06. The molecule has 2 aromatic heterocycles. The van der Waals surface area contributed by atoms with Gasteiger partial charge < -0.3 is 14.2 Å². The van der Waals surface area contributed by atoms with Crippen LogP contribution in [0, 0.1) is 0 Å². The van der Waals surface area contributed by atoms with Gasteiger partial charge in [-0.15, -0.1) is 0 Å². The monoisotopic (exact) mass is 330 g/mol. The minimum Gasteiger partial charge on any atom is -0.472 e. The molecule has 0 radical (unpaired) electrons. The third-order valence-corrected chi connectivity index (χ3v) is 4.38. The van der Waals surface area contributed by atoms with Gasteiger partial charge >= 0.3 is 0 Å². The van der Waals surface area contributed by atoms with Gasteiger partial charge in [0.2, 0.25) is 5.91 Å². The quantitative estimate of drug-likeness (QED) is 0.857. The summed E-state index contributed by atoms with van der Waals surface area (Å²) >= 11 is 0. The summed E-state index contributed by atoms with van der Waals surface area (Å²) in [5, 5.41) is 4.20. The van der Waals surface area contributed by atoms with E-state index in [2.05, 4.69) is 5.10 Å².